The maximum atomic E-state index is 11.2. The van der Waals surface area contributed by atoms with E-state index in [1.165, 1.54) is 0 Å². The first-order chi connectivity index (χ1) is 7.25. The van der Waals surface area contributed by atoms with E-state index in [-0.39, 0.29) is 11.3 Å². The largest absolute Gasteiger partial charge is 0.481 e. The van der Waals surface area contributed by atoms with E-state index in [4.69, 9.17) is 0 Å². The summed E-state index contributed by atoms with van der Waals surface area (Å²) in [6.07, 6.45) is 6.50. The van der Waals surface area contributed by atoms with Crippen molar-refractivity contribution in [3.05, 3.63) is 30.1 Å². The van der Waals surface area contributed by atoms with Crippen LogP contribution < -0.4 is 0 Å². The highest BCUT2D eigenvalue weighted by atomic mass is 16.4. The fourth-order valence-electron chi connectivity index (χ4n) is 3.30. The molecule has 0 aliphatic heterocycles. The van der Waals surface area contributed by atoms with Crippen molar-refractivity contribution in [3.63, 3.8) is 0 Å². The highest BCUT2D eigenvalue weighted by Crippen LogP contribution is 2.67. The number of carboxylic acid groups (broad SMARTS) is 1. The van der Waals surface area contributed by atoms with E-state index >= 15 is 0 Å². The van der Waals surface area contributed by atoms with Gasteiger partial charge in [0.1, 0.15) is 0 Å². The minimum Gasteiger partial charge on any atom is -0.481 e. The summed E-state index contributed by atoms with van der Waals surface area (Å²) in [5, 5.41) is 9.22. The van der Waals surface area contributed by atoms with Crippen molar-refractivity contribution in [1.29, 1.82) is 0 Å². The second-order valence-electron chi connectivity index (χ2n) is 4.65. The van der Waals surface area contributed by atoms with Gasteiger partial charge in [0, 0.05) is 17.8 Å². The lowest BCUT2D eigenvalue weighted by atomic mass is 9.84. The first-order valence-electron chi connectivity index (χ1n) is 5.38. The van der Waals surface area contributed by atoms with Crippen molar-refractivity contribution in [1.82, 2.24) is 4.98 Å². The zero-order valence-corrected chi connectivity index (χ0v) is 8.39. The van der Waals surface area contributed by atoms with E-state index in [9.17, 15) is 9.90 Å². The molecule has 15 heavy (non-hydrogen) atoms. The van der Waals surface area contributed by atoms with E-state index in [2.05, 4.69) is 4.98 Å². The number of hydrogen-bond donors (Lipinski definition) is 1. The molecule has 3 unspecified atom stereocenters. The molecule has 0 aromatic carbocycles. The normalized spacial score (nSPS) is 37.3. The number of carbonyl (C=O) groups is 1. The van der Waals surface area contributed by atoms with Gasteiger partial charge in [-0.2, -0.15) is 0 Å². The summed E-state index contributed by atoms with van der Waals surface area (Å²) in [5.41, 5.74) is 1.06. The molecule has 0 bridgehead atoms. The van der Waals surface area contributed by atoms with Crippen molar-refractivity contribution >= 4 is 5.97 Å². The van der Waals surface area contributed by atoms with Crippen LogP contribution in [0.3, 0.4) is 0 Å². The molecule has 2 aliphatic carbocycles. The zero-order chi connectivity index (χ0) is 10.5. The Morgan fingerprint density at radius 3 is 3.00 bits per heavy atom. The predicted octanol–water partition coefficient (Wildman–Crippen LogP) is 1.83. The van der Waals surface area contributed by atoms with Crippen LogP contribution in [-0.2, 0) is 10.2 Å². The van der Waals surface area contributed by atoms with Crippen LogP contribution in [0.15, 0.2) is 24.5 Å². The van der Waals surface area contributed by atoms with Gasteiger partial charge in [-0.25, -0.2) is 0 Å². The Kier molecular flexibility index (Phi) is 1.67. The van der Waals surface area contributed by atoms with Crippen LogP contribution in [0.25, 0.3) is 0 Å². The van der Waals surface area contributed by atoms with Crippen LogP contribution in [0.1, 0.15) is 24.8 Å². The molecule has 2 fully saturated rings. The van der Waals surface area contributed by atoms with Gasteiger partial charge in [0.2, 0.25) is 0 Å². The van der Waals surface area contributed by atoms with Crippen LogP contribution in [0.5, 0.6) is 0 Å². The molecule has 2 saturated carbocycles. The van der Waals surface area contributed by atoms with Gasteiger partial charge < -0.3 is 5.11 Å². The third-order valence-corrected chi connectivity index (χ3v) is 4.08. The Labute approximate surface area is 88.1 Å². The lowest BCUT2D eigenvalue weighted by Crippen LogP contribution is -2.26. The number of aromatic nitrogens is 1. The average Bonchev–Trinajstić information content (AvgIpc) is 2.86. The molecular weight excluding hydrogens is 190 g/mol. The number of rotatable bonds is 2. The van der Waals surface area contributed by atoms with Crippen LogP contribution in [0, 0.1) is 11.8 Å². The molecule has 0 amide bonds. The van der Waals surface area contributed by atoms with E-state index < -0.39 is 5.97 Å². The smallest absolute Gasteiger partial charge is 0.307 e. The molecule has 0 spiro atoms. The summed E-state index contributed by atoms with van der Waals surface area (Å²) in [5.74, 6) is -0.242. The highest BCUT2D eigenvalue weighted by Gasteiger charge is 2.65. The quantitative estimate of drug-likeness (QED) is 0.797. The number of hydrogen-bond acceptors (Lipinski definition) is 2. The molecular formula is C12H13NO2. The molecule has 1 heterocycles. The fraction of sp³-hybridized carbons (Fsp3) is 0.500. The summed E-state index contributed by atoms with van der Waals surface area (Å²) in [4.78, 5) is 15.3. The molecule has 0 saturated heterocycles. The average molecular weight is 203 g/mol. The van der Waals surface area contributed by atoms with Gasteiger partial charge in [-0.1, -0.05) is 6.07 Å². The van der Waals surface area contributed by atoms with Crippen LogP contribution in [0.2, 0.25) is 0 Å². The van der Waals surface area contributed by atoms with E-state index in [0.717, 1.165) is 24.8 Å². The lowest BCUT2D eigenvalue weighted by molar-refractivity contribution is -0.142. The third-order valence-electron chi connectivity index (χ3n) is 4.08. The van der Waals surface area contributed by atoms with Crippen LogP contribution >= 0.6 is 0 Å². The summed E-state index contributed by atoms with van der Waals surface area (Å²) < 4.78 is 0. The minimum atomic E-state index is -0.640. The van der Waals surface area contributed by atoms with Gasteiger partial charge in [0.15, 0.2) is 0 Å². The van der Waals surface area contributed by atoms with Gasteiger partial charge in [-0.15, -0.1) is 0 Å². The first-order valence-corrected chi connectivity index (χ1v) is 5.38. The molecule has 1 aromatic heterocycles. The number of fused-ring (bicyclic) bond motifs is 1. The Morgan fingerprint density at radius 2 is 2.40 bits per heavy atom. The van der Waals surface area contributed by atoms with Crippen molar-refractivity contribution in [3.8, 4) is 0 Å². The van der Waals surface area contributed by atoms with Crippen LogP contribution in [-0.4, -0.2) is 16.1 Å². The summed E-state index contributed by atoms with van der Waals surface area (Å²) in [6.45, 7) is 0. The second kappa shape index (κ2) is 2.81. The number of nitrogens with zero attached hydrogens (tertiary/aromatic N) is 1. The lowest BCUT2D eigenvalue weighted by Gasteiger charge is -2.19. The van der Waals surface area contributed by atoms with Crippen molar-refractivity contribution in [2.24, 2.45) is 11.8 Å². The molecule has 78 valence electrons. The molecule has 1 N–H and O–H groups in total. The molecule has 3 nitrogen and oxygen atoms in total. The number of carboxylic acids is 1. The van der Waals surface area contributed by atoms with Gasteiger partial charge in [-0.3, -0.25) is 9.78 Å². The number of aliphatic carboxylic acids is 1. The molecule has 2 aliphatic rings. The number of pyridine rings is 1. The Morgan fingerprint density at radius 1 is 1.53 bits per heavy atom. The van der Waals surface area contributed by atoms with Gasteiger partial charge >= 0.3 is 5.97 Å². The molecule has 3 heteroatoms. The summed E-state index contributed by atoms with van der Waals surface area (Å²) in [6, 6.07) is 3.92. The first kappa shape index (κ1) is 8.89. The highest BCUT2D eigenvalue weighted by molar-refractivity contribution is 5.74. The van der Waals surface area contributed by atoms with Crippen LogP contribution in [0.4, 0.5) is 0 Å². The van der Waals surface area contributed by atoms with E-state index in [1.54, 1.807) is 6.20 Å². The molecule has 0 radical (unpaired) electrons. The Hall–Kier alpha value is -1.38. The van der Waals surface area contributed by atoms with Gasteiger partial charge in [0.25, 0.3) is 0 Å². The SMILES string of the molecule is O=C(O)C1CCC2CC21c1cccnc1. The summed E-state index contributed by atoms with van der Waals surface area (Å²) >= 11 is 0. The maximum absolute atomic E-state index is 11.2. The zero-order valence-electron chi connectivity index (χ0n) is 8.39. The second-order valence-corrected chi connectivity index (χ2v) is 4.65. The summed E-state index contributed by atoms with van der Waals surface area (Å²) in [7, 11) is 0. The molecule has 1 aromatic rings. The predicted molar refractivity (Wildman–Crippen MR) is 54.4 cm³/mol. The molecule has 3 atom stereocenters. The van der Waals surface area contributed by atoms with E-state index in [1.807, 2.05) is 18.3 Å². The topological polar surface area (TPSA) is 50.2 Å². The third kappa shape index (κ3) is 1.06. The Balaban J connectivity index is 2.02. The standard InChI is InChI=1S/C12H13NO2/c14-11(15)10-4-3-8-6-12(8,10)9-2-1-5-13-7-9/h1-2,5,7-8,10H,3-4,6H2,(H,14,15). The van der Waals surface area contributed by atoms with Crippen molar-refractivity contribution in [2.75, 3.05) is 0 Å². The minimum absolute atomic E-state index is 0.0694. The monoisotopic (exact) mass is 203 g/mol. The molecule has 3 rings (SSSR count). The van der Waals surface area contributed by atoms with Gasteiger partial charge in [0.05, 0.1) is 5.92 Å². The van der Waals surface area contributed by atoms with Crippen molar-refractivity contribution < 1.29 is 9.90 Å². The van der Waals surface area contributed by atoms with E-state index in [0.29, 0.717) is 5.92 Å². The fourth-order valence-corrected chi connectivity index (χ4v) is 3.30. The van der Waals surface area contributed by atoms with Crippen molar-refractivity contribution in [2.45, 2.75) is 24.7 Å². The maximum Gasteiger partial charge on any atom is 0.307 e. The Bertz CT molecular complexity index is 403. The van der Waals surface area contributed by atoms with Gasteiger partial charge in [-0.05, 0) is 36.8 Å².